The molecule has 2 aromatic rings. The van der Waals surface area contributed by atoms with Gasteiger partial charge in [-0.05, 0) is 36.1 Å². The van der Waals surface area contributed by atoms with Crippen molar-refractivity contribution in [3.63, 3.8) is 0 Å². The fraction of sp³-hybridized carbons (Fsp3) is 0.400. The fourth-order valence-electron chi connectivity index (χ4n) is 3.21. The molecule has 26 heavy (non-hydrogen) atoms. The van der Waals surface area contributed by atoms with Crippen LogP contribution in [-0.4, -0.2) is 51.4 Å². The number of hydrogen-bond acceptors (Lipinski definition) is 5. The first-order chi connectivity index (χ1) is 12.4. The average Bonchev–Trinajstić information content (AvgIpc) is 2.64. The van der Waals surface area contributed by atoms with E-state index < -0.39 is 37.1 Å². The molecule has 6 heteroatoms. The van der Waals surface area contributed by atoms with Gasteiger partial charge in [0.05, 0.1) is 6.61 Å². The predicted octanol–water partition coefficient (Wildman–Crippen LogP) is 1.75. The largest absolute Gasteiger partial charge is 0.394 e. The molecule has 5 atom stereocenters. The zero-order chi connectivity index (χ0) is 18.8. The molecule has 4 N–H and O–H groups in total. The van der Waals surface area contributed by atoms with E-state index in [2.05, 4.69) is 0 Å². The third kappa shape index (κ3) is 3.93. The standard InChI is InChI=1S/C20H23ClO5/c1-11-2-4-12(5-3-11)8-14-9-13(6-7-15(14)21)20-19(25)18(24)17(23)16(10-22)26-20/h2-7,9,16-20,22-25H,8,10H2,1H3/t16-,17-,18?,19-,20+/m1/s1. The summed E-state index contributed by atoms with van der Waals surface area (Å²) in [7, 11) is 0. The second kappa shape index (κ2) is 8.05. The van der Waals surface area contributed by atoms with Crippen LogP contribution < -0.4 is 0 Å². The lowest BCUT2D eigenvalue weighted by molar-refractivity contribution is -0.231. The van der Waals surface area contributed by atoms with Gasteiger partial charge in [-0.2, -0.15) is 0 Å². The molecule has 1 aliphatic heterocycles. The predicted molar refractivity (Wildman–Crippen MR) is 98.2 cm³/mol. The Labute approximate surface area is 157 Å². The molecule has 1 fully saturated rings. The van der Waals surface area contributed by atoms with Gasteiger partial charge in [-0.3, -0.25) is 0 Å². The van der Waals surface area contributed by atoms with Gasteiger partial charge in [-0.15, -0.1) is 0 Å². The molecule has 3 rings (SSSR count). The number of aliphatic hydroxyl groups excluding tert-OH is 4. The maximum Gasteiger partial charge on any atom is 0.113 e. The van der Waals surface area contributed by atoms with E-state index in [-0.39, 0.29) is 0 Å². The van der Waals surface area contributed by atoms with Crippen LogP contribution >= 0.6 is 11.6 Å². The van der Waals surface area contributed by atoms with Crippen LogP contribution in [0, 0.1) is 6.92 Å². The van der Waals surface area contributed by atoms with Crippen molar-refractivity contribution < 1.29 is 25.2 Å². The van der Waals surface area contributed by atoms with Crippen LogP contribution in [-0.2, 0) is 11.2 Å². The summed E-state index contributed by atoms with van der Waals surface area (Å²) < 4.78 is 5.62. The van der Waals surface area contributed by atoms with E-state index in [1.807, 2.05) is 37.3 Å². The van der Waals surface area contributed by atoms with E-state index in [1.165, 1.54) is 5.56 Å². The third-order valence-corrected chi connectivity index (χ3v) is 5.17. The molecule has 0 aromatic heterocycles. The molecule has 0 radical (unpaired) electrons. The van der Waals surface area contributed by atoms with E-state index in [1.54, 1.807) is 12.1 Å². The Hall–Kier alpha value is -1.47. The van der Waals surface area contributed by atoms with Gasteiger partial charge in [0.2, 0.25) is 0 Å². The van der Waals surface area contributed by atoms with Crippen LogP contribution in [0.3, 0.4) is 0 Å². The molecule has 2 aromatic carbocycles. The lowest BCUT2D eigenvalue weighted by Crippen LogP contribution is -2.55. The number of aliphatic hydroxyl groups is 4. The van der Waals surface area contributed by atoms with E-state index in [9.17, 15) is 20.4 Å². The van der Waals surface area contributed by atoms with Crippen molar-refractivity contribution in [1.82, 2.24) is 0 Å². The summed E-state index contributed by atoms with van der Waals surface area (Å²) in [4.78, 5) is 0. The zero-order valence-corrected chi connectivity index (χ0v) is 15.2. The van der Waals surface area contributed by atoms with Crippen LogP contribution in [0.15, 0.2) is 42.5 Å². The summed E-state index contributed by atoms with van der Waals surface area (Å²) in [5.74, 6) is 0. The number of hydrogen-bond donors (Lipinski definition) is 4. The molecule has 0 saturated carbocycles. The van der Waals surface area contributed by atoms with Crippen molar-refractivity contribution in [2.75, 3.05) is 6.61 Å². The topological polar surface area (TPSA) is 90.2 Å². The minimum atomic E-state index is -1.40. The average molecular weight is 379 g/mol. The van der Waals surface area contributed by atoms with E-state index in [0.29, 0.717) is 17.0 Å². The van der Waals surface area contributed by atoms with E-state index >= 15 is 0 Å². The molecule has 5 nitrogen and oxygen atoms in total. The Morgan fingerprint density at radius 2 is 1.65 bits per heavy atom. The number of ether oxygens (including phenoxy) is 1. The highest BCUT2D eigenvalue weighted by Gasteiger charge is 2.43. The lowest BCUT2D eigenvalue weighted by Gasteiger charge is -2.40. The second-order valence-corrected chi connectivity index (χ2v) is 7.17. The summed E-state index contributed by atoms with van der Waals surface area (Å²) in [6.07, 6.45) is -5.26. The first-order valence-corrected chi connectivity index (χ1v) is 8.93. The van der Waals surface area contributed by atoms with Gasteiger partial charge in [0.1, 0.15) is 30.5 Å². The summed E-state index contributed by atoms with van der Waals surface area (Å²) in [5, 5.41) is 40.2. The van der Waals surface area contributed by atoms with Crippen LogP contribution in [0.5, 0.6) is 0 Å². The summed E-state index contributed by atoms with van der Waals surface area (Å²) >= 11 is 6.33. The van der Waals surface area contributed by atoms with Gasteiger partial charge in [0, 0.05) is 5.02 Å². The van der Waals surface area contributed by atoms with Gasteiger partial charge in [0.25, 0.3) is 0 Å². The highest BCUT2D eigenvalue weighted by molar-refractivity contribution is 6.31. The maximum atomic E-state index is 10.3. The molecule has 1 heterocycles. The zero-order valence-electron chi connectivity index (χ0n) is 14.4. The quantitative estimate of drug-likeness (QED) is 0.651. The monoisotopic (exact) mass is 378 g/mol. The van der Waals surface area contributed by atoms with Crippen LogP contribution in [0.25, 0.3) is 0 Å². The summed E-state index contributed by atoms with van der Waals surface area (Å²) in [6, 6.07) is 13.4. The van der Waals surface area contributed by atoms with Crippen molar-refractivity contribution in [3.05, 3.63) is 69.7 Å². The van der Waals surface area contributed by atoms with Crippen molar-refractivity contribution >= 4 is 11.6 Å². The Bertz CT molecular complexity index is 746. The molecule has 1 aliphatic rings. The number of rotatable bonds is 4. The Balaban J connectivity index is 1.87. The first kappa shape index (κ1) is 19.3. The van der Waals surface area contributed by atoms with Crippen LogP contribution in [0.4, 0.5) is 0 Å². The molecule has 0 aliphatic carbocycles. The maximum absolute atomic E-state index is 10.3. The molecular formula is C20H23ClO5. The smallest absolute Gasteiger partial charge is 0.113 e. The molecule has 140 valence electrons. The highest BCUT2D eigenvalue weighted by Crippen LogP contribution is 2.34. The van der Waals surface area contributed by atoms with Crippen molar-refractivity contribution in [3.8, 4) is 0 Å². The SMILES string of the molecule is Cc1ccc(Cc2cc([C@@H]3O[C@H](CO)[C@@H](O)C(O)[C@H]3O)ccc2Cl)cc1. The van der Waals surface area contributed by atoms with Gasteiger partial charge < -0.3 is 25.2 Å². The summed E-state index contributed by atoms with van der Waals surface area (Å²) in [6.45, 7) is 1.57. The van der Waals surface area contributed by atoms with Crippen LogP contribution in [0.1, 0.15) is 28.4 Å². The molecule has 0 spiro atoms. The third-order valence-electron chi connectivity index (χ3n) is 4.81. The number of aryl methyl sites for hydroxylation is 1. The Kier molecular flexibility index (Phi) is 5.97. The normalized spacial score (nSPS) is 28.9. The van der Waals surface area contributed by atoms with E-state index in [4.69, 9.17) is 16.3 Å². The van der Waals surface area contributed by atoms with Gasteiger partial charge in [0.15, 0.2) is 0 Å². The number of benzene rings is 2. The molecule has 1 saturated heterocycles. The lowest BCUT2D eigenvalue weighted by atomic mass is 9.90. The fourth-order valence-corrected chi connectivity index (χ4v) is 3.39. The summed E-state index contributed by atoms with van der Waals surface area (Å²) in [5.41, 5.74) is 3.77. The molecule has 0 bridgehead atoms. The minimum absolute atomic E-state index is 0.453. The van der Waals surface area contributed by atoms with Gasteiger partial charge in [-0.25, -0.2) is 0 Å². The minimum Gasteiger partial charge on any atom is -0.394 e. The van der Waals surface area contributed by atoms with Crippen LogP contribution in [0.2, 0.25) is 5.02 Å². The molecular weight excluding hydrogens is 356 g/mol. The van der Waals surface area contributed by atoms with Crippen molar-refractivity contribution in [1.29, 1.82) is 0 Å². The Morgan fingerprint density at radius 1 is 0.962 bits per heavy atom. The van der Waals surface area contributed by atoms with E-state index in [0.717, 1.165) is 11.1 Å². The van der Waals surface area contributed by atoms with Gasteiger partial charge in [-0.1, -0.05) is 53.6 Å². The van der Waals surface area contributed by atoms with Gasteiger partial charge >= 0.3 is 0 Å². The highest BCUT2D eigenvalue weighted by atomic mass is 35.5. The number of halogens is 1. The Morgan fingerprint density at radius 3 is 2.31 bits per heavy atom. The molecule has 1 unspecified atom stereocenters. The second-order valence-electron chi connectivity index (χ2n) is 6.76. The molecule has 0 amide bonds. The van der Waals surface area contributed by atoms with Crippen molar-refractivity contribution in [2.45, 2.75) is 43.9 Å². The van der Waals surface area contributed by atoms with Crippen molar-refractivity contribution in [2.24, 2.45) is 0 Å². The first-order valence-electron chi connectivity index (χ1n) is 8.55.